The van der Waals surface area contributed by atoms with E-state index in [9.17, 15) is 24.0 Å². The molecule has 0 rings (SSSR count). The number of ketones is 1. The van der Waals surface area contributed by atoms with Gasteiger partial charge in [-0.05, 0) is 38.6 Å². The van der Waals surface area contributed by atoms with Crippen molar-refractivity contribution < 1.29 is 24.0 Å². The Kier molecular flexibility index (Phi) is 15.0. The first-order chi connectivity index (χ1) is 14.2. The van der Waals surface area contributed by atoms with Crippen LogP contribution in [0.15, 0.2) is 0 Å². The van der Waals surface area contributed by atoms with Crippen molar-refractivity contribution in [2.45, 2.75) is 77.8 Å². The van der Waals surface area contributed by atoms with Crippen LogP contribution in [0.3, 0.4) is 0 Å². The monoisotopic (exact) mass is 427 g/mol. The number of primary amides is 1. The lowest BCUT2D eigenvalue weighted by Gasteiger charge is -2.17. The molecule has 30 heavy (non-hydrogen) atoms. The van der Waals surface area contributed by atoms with Crippen LogP contribution in [0.5, 0.6) is 0 Å². The summed E-state index contributed by atoms with van der Waals surface area (Å²) in [7, 11) is 0. The Morgan fingerprint density at radius 3 is 2.13 bits per heavy atom. The minimum atomic E-state index is -0.821. The molecule has 10 nitrogen and oxygen atoms in total. The Labute approximate surface area is 178 Å². The van der Waals surface area contributed by atoms with Crippen LogP contribution in [-0.2, 0) is 24.0 Å². The standard InChI is InChI=1S/C20H37N5O5/c1-4-8-17(27)16(24-14(3)26)12-18(28)23-11-7-6-9-15(20(21)30)25-19(29)13-22-10-5-2/h15-16,22H,4-13H2,1-3H3,(H2,21,30)(H,23,28)(H,24,26)(H,25,29)/t15-,16-/m0/s1. The normalized spacial score (nSPS) is 12.5. The van der Waals surface area contributed by atoms with Crippen LogP contribution >= 0.6 is 0 Å². The van der Waals surface area contributed by atoms with Crippen molar-refractivity contribution in [2.75, 3.05) is 19.6 Å². The molecule has 172 valence electrons. The smallest absolute Gasteiger partial charge is 0.240 e. The number of hydrogen-bond donors (Lipinski definition) is 5. The van der Waals surface area contributed by atoms with Crippen molar-refractivity contribution in [1.82, 2.24) is 21.3 Å². The van der Waals surface area contributed by atoms with Gasteiger partial charge in [0, 0.05) is 19.9 Å². The molecule has 0 heterocycles. The van der Waals surface area contributed by atoms with Crippen LogP contribution < -0.4 is 27.0 Å². The van der Waals surface area contributed by atoms with E-state index in [2.05, 4.69) is 21.3 Å². The number of unbranched alkanes of at least 4 members (excludes halogenated alkanes) is 1. The average molecular weight is 428 g/mol. The quantitative estimate of drug-likeness (QED) is 0.197. The maximum absolute atomic E-state index is 12.1. The zero-order chi connectivity index (χ0) is 22.9. The zero-order valence-corrected chi connectivity index (χ0v) is 18.3. The lowest BCUT2D eigenvalue weighted by Crippen LogP contribution is -2.47. The number of hydrogen-bond acceptors (Lipinski definition) is 6. The van der Waals surface area contributed by atoms with E-state index >= 15 is 0 Å². The number of carbonyl (C=O) groups excluding carboxylic acids is 5. The topological polar surface area (TPSA) is 159 Å². The summed E-state index contributed by atoms with van der Waals surface area (Å²) in [5.41, 5.74) is 5.34. The molecular formula is C20H37N5O5. The van der Waals surface area contributed by atoms with Gasteiger partial charge in [-0.15, -0.1) is 0 Å². The van der Waals surface area contributed by atoms with Crippen LogP contribution in [-0.4, -0.2) is 61.1 Å². The molecular weight excluding hydrogens is 390 g/mol. The molecule has 0 radical (unpaired) electrons. The number of nitrogens with two attached hydrogens (primary N) is 1. The van der Waals surface area contributed by atoms with E-state index in [0.717, 1.165) is 6.42 Å². The third-order valence-corrected chi connectivity index (χ3v) is 4.28. The van der Waals surface area contributed by atoms with Crippen molar-refractivity contribution in [3.8, 4) is 0 Å². The first kappa shape index (κ1) is 27.5. The summed E-state index contributed by atoms with van der Waals surface area (Å²) < 4.78 is 0. The molecule has 0 bridgehead atoms. The number of carbonyl (C=O) groups is 5. The highest BCUT2D eigenvalue weighted by molar-refractivity contribution is 5.92. The highest BCUT2D eigenvalue weighted by atomic mass is 16.2. The minimum absolute atomic E-state index is 0.108. The molecule has 2 atom stereocenters. The van der Waals surface area contributed by atoms with Gasteiger partial charge in [0.2, 0.25) is 23.6 Å². The summed E-state index contributed by atoms with van der Waals surface area (Å²) in [4.78, 5) is 58.6. The molecule has 0 aliphatic rings. The largest absolute Gasteiger partial charge is 0.368 e. The lowest BCUT2D eigenvalue weighted by atomic mass is 10.0. The van der Waals surface area contributed by atoms with E-state index in [0.29, 0.717) is 45.2 Å². The van der Waals surface area contributed by atoms with E-state index in [1.807, 2.05) is 13.8 Å². The third kappa shape index (κ3) is 13.6. The highest BCUT2D eigenvalue weighted by Crippen LogP contribution is 2.03. The van der Waals surface area contributed by atoms with Crippen LogP contribution in [0.4, 0.5) is 0 Å². The Bertz CT molecular complexity index is 582. The van der Waals surface area contributed by atoms with Gasteiger partial charge in [0.25, 0.3) is 0 Å². The first-order valence-corrected chi connectivity index (χ1v) is 10.6. The average Bonchev–Trinajstić information content (AvgIpc) is 2.66. The van der Waals surface area contributed by atoms with Gasteiger partial charge in [-0.3, -0.25) is 24.0 Å². The van der Waals surface area contributed by atoms with Gasteiger partial charge in [-0.1, -0.05) is 13.8 Å². The molecule has 0 aliphatic carbocycles. The molecule has 0 unspecified atom stereocenters. The fourth-order valence-electron chi connectivity index (χ4n) is 2.78. The van der Waals surface area contributed by atoms with Crippen molar-refractivity contribution in [3.05, 3.63) is 0 Å². The SMILES string of the molecule is CCCNCC(=O)N[C@@H](CCCCNC(=O)C[C@H](NC(C)=O)C(=O)CCC)C(N)=O. The highest BCUT2D eigenvalue weighted by Gasteiger charge is 2.22. The van der Waals surface area contributed by atoms with Gasteiger partial charge in [-0.2, -0.15) is 0 Å². The van der Waals surface area contributed by atoms with Gasteiger partial charge in [-0.25, -0.2) is 0 Å². The van der Waals surface area contributed by atoms with Crippen molar-refractivity contribution >= 4 is 29.4 Å². The summed E-state index contributed by atoms with van der Waals surface area (Å²) in [6.07, 6.45) is 3.25. The first-order valence-electron chi connectivity index (χ1n) is 10.6. The van der Waals surface area contributed by atoms with Gasteiger partial charge in [0.1, 0.15) is 6.04 Å². The van der Waals surface area contributed by atoms with Crippen LogP contribution in [0, 0.1) is 0 Å². The van der Waals surface area contributed by atoms with Crippen molar-refractivity contribution in [1.29, 1.82) is 0 Å². The van der Waals surface area contributed by atoms with E-state index < -0.39 is 18.0 Å². The Balaban J connectivity index is 4.26. The van der Waals surface area contributed by atoms with Crippen LogP contribution in [0.2, 0.25) is 0 Å². The Morgan fingerprint density at radius 1 is 0.867 bits per heavy atom. The molecule has 0 aliphatic heterocycles. The third-order valence-electron chi connectivity index (χ3n) is 4.28. The number of rotatable bonds is 17. The molecule has 0 aromatic carbocycles. The fraction of sp³-hybridized carbons (Fsp3) is 0.750. The fourth-order valence-corrected chi connectivity index (χ4v) is 2.78. The summed E-state index contributed by atoms with van der Waals surface area (Å²) in [6, 6.07) is -1.58. The molecule has 0 saturated carbocycles. The van der Waals surface area contributed by atoms with Gasteiger partial charge in [0.15, 0.2) is 5.78 Å². The summed E-state index contributed by atoms with van der Waals surface area (Å²) in [5, 5.41) is 10.8. The second-order valence-electron chi connectivity index (χ2n) is 7.22. The van der Waals surface area contributed by atoms with E-state index in [1.54, 1.807) is 0 Å². The maximum Gasteiger partial charge on any atom is 0.240 e. The molecule has 0 fully saturated rings. The summed E-state index contributed by atoms with van der Waals surface area (Å²) in [5.74, 6) is -1.75. The zero-order valence-electron chi connectivity index (χ0n) is 18.3. The second-order valence-corrected chi connectivity index (χ2v) is 7.22. The van der Waals surface area contributed by atoms with Crippen LogP contribution in [0.25, 0.3) is 0 Å². The molecule has 0 aromatic heterocycles. The molecule has 0 saturated heterocycles. The number of amides is 4. The molecule has 6 N–H and O–H groups in total. The van der Waals surface area contributed by atoms with E-state index in [4.69, 9.17) is 5.73 Å². The van der Waals surface area contributed by atoms with Gasteiger partial charge in [0.05, 0.1) is 19.0 Å². The summed E-state index contributed by atoms with van der Waals surface area (Å²) in [6.45, 7) is 6.33. The lowest BCUT2D eigenvalue weighted by molar-refractivity contribution is -0.130. The number of nitrogens with one attached hydrogen (secondary N) is 4. The molecule has 10 heteroatoms. The molecule has 0 aromatic rings. The van der Waals surface area contributed by atoms with Crippen LogP contribution in [0.1, 0.15) is 65.7 Å². The Hall–Kier alpha value is -2.49. The van der Waals surface area contributed by atoms with Crippen molar-refractivity contribution in [3.63, 3.8) is 0 Å². The molecule has 0 spiro atoms. The second kappa shape index (κ2) is 16.3. The van der Waals surface area contributed by atoms with E-state index in [1.165, 1.54) is 6.92 Å². The van der Waals surface area contributed by atoms with Crippen molar-refractivity contribution in [2.24, 2.45) is 5.73 Å². The molecule has 4 amide bonds. The van der Waals surface area contributed by atoms with Gasteiger partial charge >= 0.3 is 0 Å². The summed E-state index contributed by atoms with van der Waals surface area (Å²) >= 11 is 0. The van der Waals surface area contributed by atoms with E-state index in [-0.39, 0.29) is 36.5 Å². The number of Topliss-reactive ketones (excluding diaryl/α,β-unsaturated/α-hetero) is 1. The predicted octanol–water partition coefficient (Wildman–Crippen LogP) is -0.493. The Morgan fingerprint density at radius 2 is 1.57 bits per heavy atom. The van der Waals surface area contributed by atoms with Gasteiger partial charge < -0.3 is 27.0 Å². The maximum atomic E-state index is 12.1. The minimum Gasteiger partial charge on any atom is -0.368 e. The predicted molar refractivity (Wildman–Crippen MR) is 113 cm³/mol.